The molecule has 2 unspecified atom stereocenters. The summed E-state index contributed by atoms with van der Waals surface area (Å²) < 4.78 is 32.9. The fraction of sp³-hybridized carbons (Fsp3) is 0.318. The minimum Gasteiger partial charge on any atom is -0.489 e. The number of carboxylic acid groups (broad SMARTS) is 1. The molecule has 152 valence electrons. The fourth-order valence-electron chi connectivity index (χ4n) is 4.10. The van der Waals surface area contributed by atoms with Gasteiger partial charge in [-0.2, -0.15) is 0 Å². The lowest BCUT2D eigenvalue weighted by molar-refractivity contribution is -0.141. The Balaban J connectivity index is 1.79. The number of hydrogen-bond donors (Lipinski definition) is 1. The third-order valence-corrected chi connectivity index (χ3v) is 6.81. The van der Waals surface area contributed by atoms with E-state index in [-0.39, 0.29) is 10.8 Å². The van der Waals surface area contributed by atoms with Crippen molar-refractivity contribution >= 4 is 26.7 Å². The number of hydrogen-bond acceptors (Lipinski definition) is 4. The molecule has 7 heteroatoms. The molecule has 1 aliphatic rings. The Morgan fingerprint density at radius 3 is 2.62 bits per heavy atom. The number of carbonyl (C=O) groups is 1. The van der Waals surface area contributed by atoms with E-state index >= 15 is 0 Å². The van der Waals surface area contributed by atoms with Crippen molar-refractivity contribution in [2.24, 2.45) is 5.92 Å². The molecule has 0 amide bonds. The summed E-state index contributed by atoms with van der Waals surface area (Å²) in [6.45, 7) is 2.69. The van der Waals surface area contributed by atoms with Crippen LogP contribution >= 0.6 is 0 Å². The molecule has 2 heterocycles. The lowest BCUT2D eigenvalue weighted by atomic mass is 9.90. The van der Waals surface area contributed by atoms with E-state index in [1.807, 2.05) is 47.0 Å². The van der Waals surface area contributed by atoms with Crippen LogP contribution in [0.1, 0.15) is 30.5 Å². The lowest BCUT2D eigenvalue weighted by Crippen LogP contribution is -2.17. The molecule has 3 aromatic rings. The van der Waals surface area contributed by atoms with Crippen LogP contribution in [-0.2, 0) is 27.8 Å². The number of aliphatic carboxylic acids is 1. The second-order valence-electron chi connectivity index (χ2n) is 7.64. The maximum Gasteiger partial charge on any atom is 0.306 e. The summed E-state index contributed by atoms with van der Waals surface area (Å²) in [6.07, 6.45) is 1.91. The molecular weight excluding hydrogens is 390 g/mol. The number of ether oxygens (including phenoxy) is 1. The molecule has 0 radical (unpaired) electrons. The standard InChI is InChI=1S/C22H23NO5S/c1-14(22(24)25)17-8-9-23-19-10-16(28-13-15-6-4-3-5-7-15)11-21(29(2,26)27)18(19)12-20(17)23/h3-7,10-12,14,17H,8-9,13H2,1-2H3,(H,24,25). The summed E-state index contributed by atoms with van der Waals surface area (Å²) in [5.41, 5.74) is 2.63. The first-order valence-corrected chi connectivity index (χ1v) is 11.4. The highest BCUT2D eigenvalue weighted by molar-refractivity contribution is 7.91. The van der Waals surface area contributed by atoms with Crippen LogP contribution in [0.5, 0.6) is 5.75 Å². The minimum absolute atomic E-state index is 0.138. The first kappa shape index (κ1) is 19.5. The van der Waals surface area contributed by atoms with Gasteiger partial charge in [0, 0.05) is 35.9 Å². The molecule has 1 aliphatic heterocycles. The van der Waals surface area contributed by atoms with Gasteiger partial charge in [0.15, 0.2) is 9.84 Å². The van der Waals surface area contributed by atoms with Gasteiger partial charge in [0.1, 0.15) is 12.4 Å². The molecular formula is C22H23NO5S. The quantitative estimate of drug-likeness (QED) is 0.664. The first-order valence-electron chi connectivity index (χ1n) is 9.52. The SMILES string of the molecule is CC(C(=O)O)C1CCn2c1cc1c(S(C)(=O)=O)cc(OCc3ccccc3)cc12. The summed E-state index contributed by atoms with van der Waals surface area (Å²) in [7, 11) is -3.49. The maximum atomic E-state index is 12.5. The predicted molar refractivity (Wildman–Crippen MR) is 110 cm³/mol. The predicted octanol–water partition coefficient (Wildman–Crippen LogP) is 3.83. The zero-order chi connectivity index (χ0) is 20.8. The molecule has 6 nitrogen and oxygen atoms in total. The summed E-state index contributed by atoms with van der Waals surface area (Å²) in [6, 6.07) is 14.9. The van der Waals surface area contributed by atoms with Gasteiger partial charge in [-0.25, -0.2) is 8.42 Å². The van der Waals surface area contributed by atoms with Gasteiger partial charge in [-0.1, -0.05) is 37.3 Å². The van der Waals surface area contributed by atoms with Crippen LogP contribution in [-0.4, -0.2) is 30.3 Å². The number of carboxylic acids is 1. The second kappa shape index (κ2) is 7.22. The molecule has 0 aliphatic carbocycles. The Labute approximate surface area is 169 Å². The number of sulfone groups is 1. The van der Waals surface area contributed by atoms with Gasteiger partial charge >= 0.3 is 5.97 Å². The zero-order valence-electron chi connectivity index (χ0n) is 16.3. The summed E-state index contributed by atoms with van der Waals surface area (Å²) in [4.78, 5) is 11.7. The van der Waals surface area contributed by atoms with Crippen LogP contribution in [0.2, 0.25) is 0 Å². The molecule has 1 N–H and O–H groups in total. The van der Waals surface area contributed by atoms with E-state index < -0.39 is 21.7 Å². The third-order valence-electron chi connectivity index (χ3n) is 5.67. The topological polar surface area (TPSA) is 85.6 Å². The molecule has 0 bridgehead atoms. The van der Waals surface area contributed by atoms with Crippen molar-refractivity contribution in [1.29, 1.82) is 0 Å². The molecule has 0 spiro atoms. The van der Waals surface area contributed by atoms with E-state index in [0.717, 1.165) is 23.2 Å². The van der Waals surface area contributed by atoms with Gasteiger partial charge in [-0.05, 0) is 24.1 Å². The van der Waals surface area contributed by atoms with Crippen molar-refractivity contribution < 1.29 is 23.1 Å². The molecule has 2 aromatic carbocycles. The molecule has 0 saturated heterocycles. The Morgan fingerprint density at radius 1 is 1.24 bits per heavy atom. The average Bonchev–Trinajstić information content (AvgIpc) is 3.24. The van der Waals surface area contributed by atoms with E-state index in [2.05, 4.69) is 0 Å². The fourth-order valence-corrected chi connectivity index (χ4v) is 5.00. The highest BCUT2D eigenvalue weighted by Gasteiger charge is 2.33. The molecule has 0 fully saturated rings. The monoisotopic (exact) mass is 413 g/mol. The van der Waals surface area contributed by atoms with Crippen LogP contribution in [0.25, 0.3) is 10.9 Å². The van der Waals surface area contributed by atoms with E-state index in [1.165, 1.54) is 6.26 Å². The number of aromatic nitrogens is 1. The molecule has 2 atom stereocenters. The van der Waals surface area contributed by atoms with Crippen LogP contribution in [0, 0.1) is 5.92 Å². The van der Waals surface area contributed by atoms with Gasteiger partial charge in [-0.15, -0.1) is 0 Å². The van der Waals surface area contributed by atoms with Crippen molar-refractivity contribution in [3.63, 3.8) is 0 Å². The van der Waals surface area contributed by atoms with Gasteiger partial charge in [0.2, 0.25) is 0 Å². The largest absolute Gasteiger partial charge is 0.489 e. The van der Waals surface area contributed by atoms with Crippen molar-refractivity contribution in [2.75, 3.05) is 6.26 Å². The summed E-state index contributed by atoms with van der Waals surface area (Å²) in [5, 5.41) is 10.0. The summed E-state index contributed by atoms with van der Waals surface area (Å²) in [5.74, 6) is -1.03. The number of fused-ring (bicyclic) bond motifs is 3. The number of nitrogens with zero attached hydrogens (tertiary/aromatic N) is 1. The average molecular weight is 413 g/mol. The van der Waals surface area contributed by atoms with Crippen LogP contribution in [0.3, 0.4) is 0 Å². The number of benzene rings is 2. The Hall–Kier alpha value is -2.80. The van der Waals surface area contributed by atoms with E-state index in [9.17, 15) is 18.3 Å². The van der Waals surface area contributed by atoms with Crippen molar-refractivity contribution in [2.45, 2.75) is 37.3 Å². The Kier molecular flexibility index (Phi) is 4.86. The highest BCUT2D eigenvalue weighted by atomic mass is 32.2. The van der Waals surface area contributed by atoms with E-state index in [4.69, 9.17) is 4.74 Å². The van der Waals surface area contributed by atoms with Crippen LogP contribution < -0.4 is 4.74 Å². The van der Waals surface area contributed by atoms with Crippen LogP contribution in [0.15, 0.2) is 53.4 Å². The molecule has 29 heavy (non-hydrogen) atoms. The lowest BCUT2D eigenvalue weighted by Gasteiger charge is -2.13. The number of rotatable bonds is 6. The van der Waals surface area contributed by atoms with E-state index in [0.29, 0.717) is 24.3 Å². The highest BCUT2D eigenvalue weighted by Crippen LogP contribution is 2.41. The second-order valence-corrected chi connectivity index (χ2v) is 9.63. The van der Waals surface area contributed by atoms with Crippen molar-refractivity contribution in [1.82, 2.24) is 4.57 Å². The smallest absolute Gasteiger partial charge is 0.306 e. The summed E-state index contributed by atoms with van der Waals surface area (Å²) >= 11 is 0. The van der Waals surface area contributed by atoms with E-state index in [1.54, 1.807) is 13.0 Å². The van der Waals surface area contributed by atoms with Crippen molar-refractivity contribution in [3.05, 3.63) is 59.8 Å². The molecule has 4 rings (SSSR count). The van der Waals surface area contributed by atoms with Crippen molar-refractivity contribution in [3.8, 4) is 5.75 Å². The first-order chi connectivity index (χ1) is 13.8. The zero-order valence-corrected chi connectivity index (χ0v) is 17.1. The van der Waals surface area contributed by atoms with Gasteiger partial charge in [0.25, 0.3) is 0 Å². The normalized spacial score (nSPS) is 17.2. The van der Waals surface area contributed by atoms with Gasteiger partial charge in [-0.3, -0.25) is 4.79 Å². The Morgan fingerprint density at radius 2 is 1.97 bits per heavy atom. The molecule has 1 aromatic heterocycles. The molecule has 0 saturated carbocycles. The third kappa shape index (κ3) is 3.62. The van der Waals surface area contributed by atoms with Crippen LogP contribution in [0.4, 0.5) is 0 Å². The van der Waals surface area contributed by atoms with Gasteiger partial charge in [0.05, 0.1) is 16.3 Å². The minimum atomic E-state index is -3.49. The number of aryl methyl sites for hydroxylation is 1. The maximum absolute atomic E-state index is 12.5. The Bertz CT molecular complexity index is 1180. The van der Waals surface area contributed by atoms with Gasteiger partial charge < -0.3 is 14.4 Å².